The van der Waals surface area contributed by atoms with Gasteiger partial charge in [-0.1, -0.05) is 17.9 Å². The Hall–Kier alpha value is -1.62. The lowest BCUT2D eigenvalue weighted by Gasteiger charge is -2.28. The standard InChI is InChI=1S/C18H25NO/c1-14(2)19-12-7-13-20-17-15(8-6-9-16(17)19)10-11-18(3,4)5/h6,8-9,14H,7,12-13H2,1-5H3. The highest BCUT2D eigenvalue weighted by molar-refractivity contribution is 5.66. The van der Waals surface area contributed by atoms with E-state index < -0.39 is 0 Å². The van der Waals surface area contributed by atoms with E-state index in [9.17, 15) is 0 Å². The number of hydrogen-bond donors (Lipinski definition) is 0. The van der Waals surface area contributed by atoms with Gasteiger partial charge in [-0.25, -0.2) is 0 Å². The van der Waals surface area contributed by atoms with Gasteiger partial charge < -0.3 is 9.64 Å². The molecule has 0 saturated heterocycles. The molecule has 0 N–H and O–H groups in total. The Morgan fingerprint density at radius 3 is 2.65 bits per heavy atom. The summed E-state index contributed by atoms with van der Waals surface area (Å²) in [4.78, 5) is 2.41. The molecule has 0 unspecified atom stereocenters. The predicted molar refractivity (Wildman–Crippen MR) is 85.4 cm³/mol. The van der Waals surface area contributed by atoms with Gasteiger partial charge in [-0.15, -0.1) is 0 Å². The molecule has 0 aromatic heterocycles. The third-order valence-corrected chi connectivity index (χ3v) is 3.29. The smallest absolute Gasteiger partial charge is 0.158 e. The molecule has 1 aromatic rings. The largest absolute Gasteiger partial charge is 0.490 e. The van der Waals surface area contributed by atoms with Crippen molar-refractivity contribution in [1.82, 2.24) is 0 Å². The van der Waals surface area contributed by atoms with Crippen molar-refractivity contribution in [3.8, 4) is 17.6 Å². The Morgan fingerprint density at radius 2 is 2.00 bits per heavy atom. The summed E-state index contributed by atoms with van der Waals surface area (Å²) in [5, 5.41) is 0. The van der Waals surface area contributed by atoms with Gasteiger partial charge in [-0.2, -0.15) is 0 Å². The molecule has 1 aliphatic heterocycles. The highest BCUT2D eigenvalue weighted by Crippen LogP contribution is 2.35. The second-order valence-corrected chi connectivity index (χ2v) is 6.64. The highest BCUT2D eigenvalue weighted by Gasteiger charge is 2.20. The van der Waals surface area contributed by atoms with Crippen molar-refractivity contribution < 1.29 is 4.74 Å². The molecular formula is C18H25NO. The van der Waals surface area contributed by atoms with Crippen LogP contribution in [0.15, 0.2) is 18.2 Å². The Bertz CT molecular complexity index is 529. The molecular weight excluding hydrogens is 246 g/mol. The van der Waals surface area contributed by atoms with Gasteiger partial charge in [0.05, 0.1) is 17.9 Å². The highest BCUT2D eigenvalue weighted by atomic mass is 16.5. The van der Waals surface area contributed by atoms with Gasteiger partial charge in [0.2, 0.25) is 0 Å². The van der Waals surface area contributed by atoms with Crippen LogP contribution in [-0.2, 0) is 0 Å². The summed E-state index contributed by atoms with van der Waals surface area (Å²) >= 11 is 0. The summed E-state index contributed by atoms with van der Waals surface area (Å²) < 4.78 is 5.98. The number of fused-ring (bicyclic) bond motifs is 1. The first-order valence-corrected chi connectivity index (χ1v) is 7.44. The molecule has 20 heavy (non-hydrogen) atoms. The van der Waals surface area contributed by atoms with E-state index in [0.717, 1.165) is 30.9 Å². The maximum absolute atomic E-state index is 5.98. The molecule has 108 valence electrons. The number of rotatable bonds is 1. The van der Waals surface area contributed by atoms with Crippen LogP contribution in [0, 0.1) is 17.3 Å². The number of hydrogen-bond acceptors (Lipinski definition) is 2. The normalized spacial score (nSPS) is 15.0. The van der Waals surface area contributed by atoms with E-state index in [1.165, 1.54) is 5.69 Å². The molecule has 2 rings (SSSR count). The zero-order chi connectivity index (χ0) is 14.8. The third-order valence-electron chi connectivity index (χ3n) is 3.29. The predicted octanol–water partition coefficient (Wildman–Crippen LogP) is 4.08. The lowest BCUT2D eigenvalue weighted by atomic mass is 9.97. The summed E-state index contributed by atoms with van der Waals surface area (Å²) in [5.41, 5.74) is 2.19. The first kappa shape index (κ1) is 14.8. The van der Waals surface area contributed by atoms with Crippen LogP contribution in [-0.4, -0.2) is 19.2 Å². The fraction of sp³-hybridized carbons (Fsp3) is 0.556. The van der Waals surface area contributed by atoms with Crippen molar-refractivity contribution in [3.63, 3.8) is 0 Å². The van der Waals surface area contributed by atoms with E-state index in [2.05, 4.69) is 69.6 Å². The first-order chi connectivity index (χ1) is 9.38. The zero-order valence-electron chi connectivity index (χ0n) is 13.3. The molecule has 1 aromatic carbocycles. The minimum absolute atomic E-state index is 0.00515. The van der Waals surface area contributed by atoms with E-state index in [0.29, 0.717) is 6.04 Å². The lowest BCUT2D eigenvalue weighted by Crippen LogP contribution is -2.31. The zero-order valence-corrected chi connectivity index (χ0v) is 13.3. The average molecular weight is 271 g/mol. The minimum atomic E-state index is 0.00515. The lowest BCUT2D eigenvalue weighted by molar-refractivity contribution is 0.321. The SMILES string of the molecule is CC(C)N1CCCOc2c(C#CC(C)(C)C)cccc21. The molecule has 0 aliphatic carbocycles. The fourth-order valence-corrected chi connectivity index (χ4v) is 2.32. The minimum Gasteiger partial charge on any atom is -0.490 e. The first-order valence-electron chi connectivity index (χ1n) is 7.44. The van der Waals surface area contributed by atoms with Crippen LogP contribution in [0.4, 0.5) is 5.69 Å². The number of anilines is 1. The molecule has 0 saturated carbocycles. The molecule has 0 fully saturated rings. The van der Waals surface area contributed by atoms with E-state index in [1.807, 2.05) is 0 Å². The molecule has 2 heteroatoms. The topological polar surface area (TPSA) is 12.5 Å². The second kappa shape index (κ2) is 5.79. The summed E-state index contributed by atoms with van der Waals surface area (Å²) in [5.74, 6) is 7.56. The quantitative estimate of drug-likeness (QED) is 0.714. The Labute approximate surface area is 123 Å². The summed E-state index contributed by atoms with van der Waals surface area (Å²) in [6.45, 7) is 12.6. The number of nitrogens with zero attached hydrogens (tertiary/aromatic N) is 1. The average Bonchev–Trinajstić information content (AvgIpc) is 2.57. The third kappa shape index (κ3) is 3.48. The van der Waals surface area contributed by atoms with Gasteiger partial charge in [-0.05, 0) is 53.2 Å². The Morgan fingerprint density at radius 1 is 1.25 bits per heavy atom. The van der Waals surface area contributed by atoms with Gasteiger partial charge in [0.1, 0.15) is 0 Å². The van der Waals surface area contributed by atoms with Crippen molar-refractivity contribution in [3.05, 3.63) is 23.8 Å². The van der Waals surface area contributed by atoms with E-state index in [4.69, 9.17) is 4.74 Å². The number of benzene rings is 1. The van der Waals surface area contributed by atoms with E-state index in [-0.39, 0.29) is 5.41 Å². The number of para-hydroxylation sites is 1. The molecule has 0 radical (unpaired) electrons. The Kier molecular flexibility index (Phi) is 4.28. The summed E-state index contributed by atoms with van der Waals surface area (Å²) in [6, 6.07) is 6.75. The van der Waals surface area contributed by atoms with Gasteiger partial charge in [0.25, 0.3) is 0 Å². The van der Waals surface area contributed by atoms with Crippen LogP contribution < -0.4 is 9.64 Å². The number of ether oxygens (including phenoxy) is 1. The molecule has 0 atom stereocenters. The summed E-state index contributed by atoms with van der Waals surface area (Å²) in [6.07, 6.45) is 1.05. The fourth-order valence-electron chi connectivity index (χ4n) is 2.32. The van der Waals surface area contributed by atoms with Gasteiger partial charge in [-0.3, -0.25) is 0 Å². The van der Waals surface area contributed by atoms with E-state index >= 15 is 0 Å². The van der Waals surface area contributed by atoms with Gasteiger partial charge in [0, 0.05) is 18.0 Å². The van der Waals surface area contributed by atoms with Crippen LogP contribution in [0.2, 0.25) is 0 Å². The van der Waals surface area contributed by atoms with Crippen molar-refractivity contribution in [2.45, 2.75) is 47.1 Å². The molecule has 2 nitrogen and oxygen atoms in total. The molecule has 1 heterocycles. The summed E-state index contributed by atoms with van der Waals surface area (Å²) in [7, 11) is 0. The van der Waals surface area contributed by atoms with Gasteiger partial charge >= 0.3 is 0 Å². The molecule has 0 amide bonds. The molecule has 0 spiro atoms. The van der Waals surface area contributed by atoms with Crippen molar-refractivity contribution >= 4 is 5.69 Å². The van der Waals surface area contributed by atoms with Crippen molar-refractivity contribution in [2.75, 3.05) is 18.1 Å². The molecule has 0 bridgehead atoms. The Balaban J connectivity index is 2.46. The van der Waals surface area contributed by atoms with Crippen LogP contribution in [0.1, 0.15) is 46.6 Å². The monoisotopic (exact) mass is 271 g/mol. The van der Waals surface area contributed by atoms with Gasteiger partial charge in [0.15, 0.2) is 5.75 Å². The van der Waals surface area contributed by atoms with Crippen LogP contribution in [0.3, 0.4) is 0 Å². The molecule has 1 aliphatic rings. The van der Waals surface area contributed by atoms with Crippen LogP contribution >= 0.6 is 0 Å². The second-order valence-electron chi connectivity index (χ2n) is 6.64. The maximum Gasteiger partial charge on any atom is 0.158 e. The van der Waals surface area contributed by atoms with Crippen molar-refractivity contribution in [2.24, 2.45) is 5.41 Å². The van der Waals surface area contributed by atoms with Crippen molar-refractivity contribution in [1.29, 1.82) is 0 Å². The van der Waals surface area contributed by atoms with Crippen LogP contribution in [0.25, 0.3) is 0 Å². The maximum atomic E-state index is 5.98. The van der Waals surface area contributed by atoms with Crippen LogP contribution in [0.5, 0.6) is 5.75 Å². The van der Waals surface area contributed by atoms with E-state index in [1.54, 1.807) is 0 Å².